The molecule has 0 radical (unpaired) electrons. The molecule has 2 aliphatic heterocycles. The van der Waals surface area contributed by atoms with Crippen molar-refractivity contribution in [3.05, 3.63) is 28.7 Å². The van der Waals surface area contributed by atoms with Crippen LogP contribution in [0.4, 0.5) is 10.5 Å². The molecule has 3 rings (SSSR count). The zero-order chi connectivity index (χ0) is 16.4. The number of nitrogens with one attached hydrogen (secondary N) is 3. The summed E-state index contributed by atoms with van der Waals surface area (Å²) < 4.78 is 0.832. The standard InChI is InChI=1S/C15H17BrN4O3/c16-10-2-1-3-11(8-10)18-12(21)9-20-13(22)15(19-14(20)23)4-6-17-7-5-15/h1-3,8,17H,4-7,9H2,(H,18,21)(H,19,23). The van der Waals surface area contributed by atoms with Crippen molar-refractivity contribution in [2.24, 2.45) is 0 Å². The normalized spacial score (nSPS) is 19.8. The van der Waals surface area contributed by atoms with Crippen molar-refractivity contribution in [1.82, 2.24) is 15.5 Å². The second kappa shape index (κ2) is 6.29. The van der Waals surface area contributed by atoms with Crippen LogP contribution in [0.25, 0.3) is 0 Å². The number of imide groups is 1. The van der Waals surface area contributed by atoms with Gasteiger partial charge in [0.1, 0.15) is 12.1 Å². The molecule has 2 aliphatic rings. The third kappa shape index (κ3) is 3.23. The fourth-order valence-corrected chi connectivity index (χ4v) is 3.32. The highest BCUT2D eigenvalue weighted by molar-refractivity contribution is 9.10. The number of anilines is 1. The number of hydrogen-bond acceptors (Lipinski definition) is 4. The topological polar surface area (TPSA) is 90.5 Å². The number of urea groups is 1. The van der Waals surface area contributed by atoms with Crippen LogP contribution in [0.15, 0.2) is 28.7 Å². The van der Waals surface area contributed by atoms with E-state index >= 15 is 0 Å². The number of carbonyl (C=O) groups excluding carboxylic acids is 3. The molecule has 1 aromatic carbocycles. The summed E-state index contributed by atoms with van der Waals surface area (Å²) in [5.41, 5.74) is -0.244. The van der Waals surface area contributed by atoms with Gasteiger partial charge in [0.15, 0.2) is 0 Å². The van der Waals surface area contributed by atoms with E-state index in [0.717, 1.165) is 9.37 Å². The lowest BCUT2D eigenvalue weighted by Gasteiger charge is -2.30. The van der Waals surface area contributed by atoms with Crippen LogP contribution < -0.4 is 16.0 Å². The van der Waals surface area contributed by atoms with Crippen LogP contribution in [-0.4, -0.2) is 47.9 Å². The Morgan fingerprint density at radius 2 is 2.04 bits per heavy atom. The summed E-state index contributed by atoms with van der Waals surface area (Å²) in [5, 5.41) is 8.60. The molecular formula is C15H17BrN4O3. The number of rotatable bonds is 3. The second-order valence-corrected chi connectivity index (χ2v) is 6.63. The van der Waals surface area contributed by atoms with Gasteiger partial charge in [-0.2, -0.15) is 0 Å². The average Bonchev–Trinajstić information content (AvgIpc) is 2.72. The summed E-state index contributed by atoms with van der Waals surface area (Å²) in [6, 6.07) is 6.62. The number of hydrogen-bond donors (Lipinski definition) is 3. The number of nitrogens with zero attached hydrogens (tertiary/aromatic N) is 1. The van der Waals surface area contributed by atoms with Gasteiger partial charge in [0.2, 0.25) is 5.91 Å². The van der Waals surface area contributed by atoms with E-state index in [2.05, 4.69) is 31.9 Å². The van der Waals surface area contributed by atoms with Crippen LogP contribution in [0.5, 0.6) is 0 Å². The van der Waals surface area contributed by atoms with Crippen molar-refractivity contribution in [1.29, 1.82) is 0 Å². The van der Waals surface area contributed by atoms with Gasteiger partial charge < -0.3 is 16.0 Å². The highest BCUT2D eigenvalue weighted by Gasteiger charge is 2.51. The molecule has 0 saturated carbocycles. The van der Waals surface area contributed by atoms with Crippen molar-refractivity contribution in [3.63, 3.8) is 0 Å². The highest BCUT2D eigenvalue weighted by Crippen LogP contribution is 2.26. The minimum absolute atomic E-state index is 0.285. The minimum atomic E-state index is -0.849. The first-order chi connectivity index (χ1) is 11.0. The molecule has 2 heterocycles. The molecule has 0 bridgehead atoms. The van der Waals surface area contributed by atoms with Gasteiger partial charge in [-0.15, -0.1) is 0 Å². The molecule has 0 atom stereocenters. The zero-order valence-corrected chi connectivity index (χ0v) is 14.0. The zero-order valence-electron chi connectivity index (χ0n) is 12.4. The van der Waals surface area contributed by atoms with E-state index in [9.17, 15) is 14.4 Å². The molecule has 0 aliphatic carbocycles. The largest absolute Gasteiger partial charge is 0.325 e. The summed E-state index contributed by atoms with van der Waals surface area (Å²) in [6.07, 6.45) is 1.09. The molecule has 1 spiro atoms. The molecule has 1 aromatic rings. The Morgan fingerprint density at radius 1 is 1.30 bits per heavy atom. The fraction of sp³-hybridized carbons (Fsp3) is 0.400. The van der Waals surface area contributed by atoms with E-state index in [4.69, 9.17) is 0 Å². The van der Waals surface area contributed by atoms with E-state index in [1.807, 2.05) is 6.07 Å². The number of carbonyl (C=O) groups is 3. The summed E-state index contributed by atoms with van der Waals surface area (Å²) in [6.45, 7) is 1.06. The molecule has 8 heteroatoms. The van der Waals surface area contributed by atoms with Gasteiger partial charge in [-0.1, -0.05) is 22.0 Å². The third-order valence-corrected chi connectivity index (χ3v) is 4.61. The Bertz CT molecular complexity index is 658. The Balaban J connectivity index is 1.66. The van der Waals surface area contributed by atoms with Crippen LogP contribution >= 0.6 is 15.9 Å². The predicted octanol–water partition coefficient (Wildman–Crippen LogP) is 1.06. The van der Waals surface area contributed by atoms with Gasteiger partial charge in [0.05, 0.1) is 0 Å². The third-order valence-electron chi connectivity index (χ3n) is 4.11. The van der Waals surface area contributed by atoms with Gasteiger partial charge in [-0.3, -0.25) is 14.5 Å². The SMILES string of the molecule is O=C(CN1C(=O)NC2(CCNCC2)C1=O)Nc1cccc(Br)c1. The second-order valence-electron chi connectivity index (χ2n) is 5.71. The van der Waals surface area contributed by atoms with Crippen molar-refractivity contribution < 1.29 is 14.4 Å². The predicted molar refractivity (Wildman–Crippen MR) is 87.9 cm³/mol. The Morgan fingerprint density at radius 3 is 2.74 bits per heavy atom. The van der Waals surface area contributed by atoms with E-state index in [1.165, 1.54) is 0 Å². The van der Waals surface area contributed by atoms with E-state index in [0.29, 0.717) is 31.6 Å². The maximum atomic E-state index is 12.6. The molecule has 122 valence electrons. The molecule has 4 amide bonds. The average molecular weight is 381 g/mol. The molecule has 2 fully saturated rings. The van der Waals surface area contributed by atoms with Crippen molar-refractivity contribution in [3.8, 4) is 0 Å². The number of benzene rings is 1. The molecular weight excluding hydrogens is 364 g/mol. The highest BCUT2D eigenvalue weighted by atomic mass is 79.9. The summed E-state index contributed by atoms with van der Waals surface area (Å²) in [5.74, 6) is -0.717. The summed E-state index contributed by atoms with van der Waals surface area (Å²) in [7, 11) is 0. The minimum Gasteiger partial charge on any atom is -0.324 e. The Hall–Kier alpha value is -1.93. The van der Waals surface area contributed by atoms with Gasteiger partial charge in [-0.25, -0.2) is 4.79 Å². The van der Waals surface area contributed by atoms with Gasteiger partial charge in [-0.05, 0) is 44.1 Å². The van der Waals surface area contributed by atoms with Crippen LogP contribution in [0, 0.1) is 0 Å². The maximum absolute atomic E-state index is 12.6. The lowest BCUT2D eigenvalue weighted by atomic mass is 9.88. The van der Waals surface area contributed by atoms with Crippen LogP contribution in [0.3, 0.4) is 0 Å². The first-order valence-electron chi connectivity index (χ1n) is 7.40. The number of piperidine rings is 1. The number of amides is 4. The fourth-order valence-electron chi connectivity index (χ4n) is 2.92. The lowest BCUT2D eigenvalue weighted by molar-refractivity contribution is -0.134. The first-order valence-corrected chi connectivity index (χ1v) is 8.20. The van der Waals surface area contributed by atoms with Gasteiger partial charge in [0, 0.05) is 10.2 Å². The molecule has 23 heavy (non-hydrogen) atoms. The number of halogens is 1. The van der Waals surface area contributed by atoms with E-state index < -0.39 is 17.5 Å². The van der Waals surface area contributed by atoms with Gasteiger partial charge >= 0.3 is 6.03 Å². The molecule has 7 nitrogen and oxygen atoms in total. The van der Waals surface area contributed by atoms with E-state index in [1.54, 1.807) is 18.2 Å². The van der Waals surface area contributed by atoms with Crippen molar-refractivity contribution >= 4 is 39.5 Å². The summed E-state index contributed by atoms with van der Waals surface area (Å²) in [4.78, 5) is 37.8. The Labute approximate surface area is 141 Å². The quantitative estimate of drug-likeness (QED) is 0.683. The van der Waals surface area contributed by atoms with Crippen LogP contribution in [-0.2, 0) is 9.59 Å². The molecule has 3 N–H and O–H groups in total. The van der Waals surface area contributed by atoms with Gasteiger partial charge in [0.25, 0.3) is 5.91 Å². The van der Waals surface area contributed by atoms with Crippen LogP contribution in [0.2, 0.25) is 0 Å². The smallest absolute Gasteiger partial charge is 0.324 e. The van der Waals surface area contributed by atoms with Crippen LogP contribution in [0.1, 0.15) is 12.8 Å². The monoisotopic (exact) mass is 380 g/mol. The lowest BCUT2D eigenvalue weighted by Crippen LogP contribution is -2.54. The maximum Gasteiger partial charge on any atom is 0.325 e. The van der Waals surface area contributed by atoms with Crippen molar-refractivity contribution in [2.45, 2.75) is 18.4 Å². The first kappa shape index (κ1) is 15.9. The molecule has 0 aromatic heterocycles. The summed E-state index contributed by atoms with van der Waals surface area (Å²) >= 11 is 3.32. The molecule has 2 saturated heterocycles. The Kier molecular flexibility index (Phi) is 4.36. The van der Waals surface area contributed by atoms with Crippen molar-refractivity contribution in [2.75, 3.05) is 25.0 Å². The molecule has 0 unspecified atom stereocenters. The van der Waals surface area contributed by atoms with E-state index in [-0.39, 0.29) is 12.5 Å².